The summed E-state index contributed by atoms with van der Waals surface area (Å²) in [6, 6.07) is 5.35. The van der Waals surface area contributed by atoms with Crippen molar-refractivity contribution in [3.05, 3.63) is 23.8 Å². The molecule has 4 N–H and O–H groups in total. The van der Waals surface area contributed by atoms with Gasteiger partial charge in [0.2, 0.25) is 0 Å². The first-order chi connectivity index (χ1) is 8.61. The van der Waals surface area contributed by atoms with E-state index in [1.54, 1.807) is 12.1 Å². The zero-order valence-electron chi connectivity index (χ0n) is 10.3. The normalized spacial score (nSPS) is 22.9. The fourth-order valence-corrected chi connectivity index (χ4v) is 3.37. The van der Waals surface area contributed by atoms with E-state index in [2.05, 4.69) is 11.6 Å². The van der Waals surface area contributed by atoms with E-state index >= 15 is 0 Å². The van der Waals surface area contributed by atoms with Gasteiger partial charge in [0.05, 0.1) is 5.56 Å². The number of hydrogen-bond donors (Lipinski definition) is 3. The number of rotatable bonds is 4. The summed E-state index contributed by atoms with van der Waals surface area (Å²) in [6.45, 7) is 0. The number of aromatic carboxylic acids is 1. The van der Waals surface area contributed by atoms with Gasteiger partial charge < -0.3 is 16.2 Å². The maximum absolute atomic E-state index is 11.2. The predicted molar refractivity (Wildman–Crippen MR) is 76.4 cm³/mol. The number of hydrogen-bond acceptors (Lipinski definition) is 4. The van der Waals surface area contributed by atoms with Crippen molar-refractivity contribution in [2.75, 3.05) is 17.3 Å². The Kier molecular flexibility index (Phi) is 4.01. The fraction of sp³-hybridized carbons (Fsp3) is 0.462. The molecule has 18 heavy (non-hydrogen) atoms. The summed E-state index contributed by atoms with van der Waals surface area (Å²) in [5.41, 5.74) is 7.03. The standard InChI is InChI=1S/C13H18N2O2S/c1-18-12-4-2-3-11(12)15-10-6-5-8(14)7-9(10)13(16)17/h5-7,11-12,15H,2-4,14H2,1H3,(H,16,17). The Labute approximate surface area is 111 Å². The number of anilines is 2. The van der Waals surface area contributed by atoms with E-state index < -0.39 is 5.97 Å². The number of thioether (sulfide) groups is 1. The molecule has 1 aromatic rings. The van der Waals surface area contributed by atoms with Gasteiger partial charge in [0, 0.05) is 22.7 Å². The van der Waals surface area contributed by atoms with E-state index in [0.717, 1.165) is 6.42 Å². The van der Waals surface area contributed by atoms with Crippen molar-refractivity contribution in [2.45, 2.75) is 30.6 Å². The Morgan fingerprint density at radius 2 is 2.28 bits per heavy atom. The Hall–Kier alpha value is -1.36. The van der Waals surface area contributed by atoms with Crippen LogP contribution in [0.2, 0.25) is 0 Å². The largest absolute Gasteiger partial charge is 0.478 e. The van der Waals surface area contributed by atoms with Crippen molar-refractivity contribution < 1.29 is 9.90 Å². The van der Waals surface area contributed by atoms with Crippen molar-refractivity contribution in [2.24, 2.45) is 0 Å². The molecule has 4 nitrogen and oxygen atoms in total. The first-order valence-electron chi connectivity index (χ1n) is 6.04. The highest BCUT2D eigenvalue weighted by molar-refractivity contribution is 7.99. The molecule has 1 aliphatic rings. The molecule has 0 saturated heterocycles. The van der Waals surface area contributed by atoms with Crippen molar-refractivity contribution in [1.29, 1.82) is 0 Å². The van der Waals surface area contributed by atoms with E-state index in [1.807, 2.05) is 11.8 Å². The van der Waals surface area contributed by atoms with Crippen LogP contribution in [0.5, 0.6) is 0 Å². The first-order valence-corrected chi connectivity index (χ1v) is 7.32. The van der Waals surface area contributed by atoms with Gasteiger partial charge in [-0.05, 0) is 37.3 Å². The van der Waals surface area contributed by atoms with Gasteiger partial charge in [0.1, 0.15) is 0 Å². The third-order valence-electron chi connectivity index (χ3n) is 3.37. The second-order valence-electron chi connectivity index (χ2n) is 4.57. The highest BCUT2D eigenvalue weighted by atomic mass is 32.2. The fourth-order valence-electron chi connectivity index (χ4n) is 2.44. The monoisotopic (exact) mass is 266 g/mol. The molecule has 0 heterocycles. The smallest absolute Gasteiger partial charge is 0.337 e. The zero-order valence-corrected chi connectivity index (χ0v) is 11.2. The molecule has 0 aromatic heterocycles. The lowest BCUT2D eigenvalue weighted by molar-refractivity contribution is 0.0698. The van der Waals surface area contributed by atoms with Gasteiger partial charge in [-0.1, -0.05) is 6.42 Å². The van der Waals surface area contributed by atoms with E-state index in [1.165, 1.54) is 18.9 Å². The van der Waals surface area contributed by atoms with Crippen molar-refractivity contribution in [3.63, 3.8) is 0 Å². The van der Waals surface area contributed by atoms with Crippen LogP contribution in [0.15, 0.2) is 18.2 Å². The Bertz CT molecular complexity index is 451. The summed E-state index contributed by atoms with van der Waals surface area (Å²) in [4.78, 5) is 11.2. The van der Waals surface area contributed by atoms with Gasteiger partial charge in [-0.15, -0.1) is 0 Å². The van der Waals surface area contributed by atoms with Gasteiger partial charge >= 0.3 is 5.97 Å². The SMILES string of the molecule is CSC1CCCC1Nc1ccc(N)cc1C(=O)O. The second kappa shape index (κ2) is 5.52. The van der Waals surface area contributed by atoms with Crippen LogP contribution in [-0.2, 0) is 0 Å². The Morgan fingerprint density at radius 3 is 2.94 bits per heavy atom. The molecule has 2 atom stereocenters. The molecule has 0 bridgehead atoms. The maximum Gasteiger partial charge on any atom is 0.337 e. The summed E-state index contributed by atoms with van der Waals surface area (Å²) < 4.78 is 0. The van der Waals surface area contributed by atoms with Crippen LogP contribution in [0.1, 0.15) is 29.6 Å². The van der Waals surface area contributed by atoms with Crippen LogP contribution in [-0.4, -0.2) is 28.6 Å². The van der Waals surface area contributed by atoms with Crippen LogP contribution in [0.25, 0.3) is 0 Å². The van der Waals surface area contributed by atoms with Crippen LogP contribution in [0.4, 0.5) is 11.4 Å². The summed E-state index contributed by atoms with van der Waals surface area (Å²) in [6.07, 6.45) is 5.58. The molecule has 2 unspecified atom stereocenters. The van der Waals surface area contributed by atoms with Gasteiger partial charge in [-0.25, -0.2) is 4.79 Å². The van der Waals surface area contributed by atoms with Crippen LogP contribution in [0, 0.1) is 0 Å². The molecule has 5 heteroatoms. The van der Waals surface area contributed by atoms with Crippen molar-refractivity contribution in [1.82, 2.24) is 0 Å². The number of carboxylic acids is 1. The van der Waals surface area contributed by atoms with E-state index in [4.69, 9.17) is 5.73 Å². The molecule has 1 saturated carbocycles. The Balaban J connectivity index is 2.20. The summed E-state index contributed by atoms with van der Waals surface area (Å²) >= 11 is 1.84. The minimum atomic E-state index is -0.941. The van der Waals surface area contributed by atoms with Crippen LogP contribution < -0.4 is 11.1 Å². The molecule has 0 radical (unpaired) electrons. The van der Waals surface area contributed by atoms with Crippen molar-refractivity contribution in [3.8, 4) is 0 Å². The molecule has 0 amide bonds. The topological polar surface area (TPSA) is 75.3 Å². The number of nitrogens with one attached hydrogen (secondary N) is 1. The lowest BCUT2D eigenvalue weighted by Gasteiger charge is -2.21. The zero-order chi connectivity index (χ0) is 13.1. The van der Waals surface area contributed by atoms with Gasteiger partial charge in [-0.3, -0.25) is 0 Å². The van der Waals surface area contributed by atoms with Crippen LogP contribution >= 0.6 is 11.8 Å². The second-order valence-corrected chi connectivity index (χ2v) is 5.64. The summed E-state index contributed by atoms with van der Waals surface area (Å²) in [7, 11) is 0. The van der Waals surface area contributed by atoms with Crippen LogP contribution in [0.3, 0.4) is 0 Å². The maximum atomic E-state index is 11.2. The van der Waals surface area contributed by atoms with Gasteiger partial charge in [0.15, 0.2) is 0 Å². The molecular weight excluding hydrogens is 248 g/mol. The highest BCUT2D eigenvalue weighted by Gasteiger charge is 2.27. The lowest BCUT2D eigenvalue weighted by Crippen LogP contribution is -2.26. The molecule has 1 fully saturated rings. The number of nitrogens with two attached hydrogens (primary N) is 1. The molecule has 2 rings (SSSR count). The third kappa shape index (κ3) is 2.72. The first kappa shape index (κ1) is 13.1. The Morgan fingerprint density at radius 1 is 1.50 bits per heavy atom. The van der Waals surface area contributed by atoms with E-state index in [9.17, 15) is 9.90 Å². The molecular formula is C13H18N2O2S. The lowest BCUT2D eigenvalue weighted by atomic mass is 10.1. The minimum Gasteiger partial charge on any atom is -0.478 e. The predicted octanol–water partition coefficient (Wildman–Crippen LogP) is 2.66. The quantitative estimate of drug-likeness (QED) is 0.730. The number of carbonyl (C=O) groups is 1. The molecule has 1 aliphatic carbocycles. The van der Waals surface area contributed by atoms with E-state index in [0.29, 0.717) is 22.7 Å². The molecule has 1 aromatic carbocycles. The molecule has 0 spiro atoms. The minimum absolute atomic E-state index is 0.252. The molecule has 98 valence electrons. The average Bonchev–Trinajstić information content (AvgIpc) is 2.78. The van der Waals surface area contributed by atoms with Gasteiger partial charge in [0.25, 0.3) is 0 Å². The summed E-state index contributed by atoms with van der Waals surface area (Å²) in [5, 5.41) is 13.1. The highest BCUT2D eigenvalue weighted by Crippen LogP contribution is 2.32. The number of benzene rings is 1. The van der Waals surface area contributed by atoms with E-state index in [-0.39, 0.29) is 5.56 Å². The summed E-state index contributed by atoms with van der Waals surface area (Å²) in [5.74, 6) is -0.941. The number of carboxylic acid groups (broad SMARTS) is 1. The molecule has 0 aliphatic heterocycles. The third-order valence-corrected chi connectivity index (χ3v) is 4.54. The average molecular weight is 266 g/mol. The van der Waals surface area contributed by atoms with Gasteiger partial charge in [-0.2, -0.15) is 11.8 Å². The number of nitrogen functional groups attached to an aromatic ring is 1. The van der Waals surface area contributed by atoms with Crippen molar-refractivity contribution >= 4 is 29.1 Å².